The summed E-state index contributed by atoms with van der Waals surface area (Å²) in [5, 5.41) is 12.5. The molecule has 8 nitrogen and oxygen atoms in total. The van der Waals surface area contributed by atoms with Crippen molar-refractivity contribution in [1.82, 2.24) is 24.6 Å². The maximum absolute atomic E-state index is 12.6. The summed E-state index contributed by atoms with van der Waals surface area (Å²) in [7, 11) is 1.75. The third kappa shape index (κ3) is 5.49. The molecule has 2 aromatic heterocycles. The molecule has 0 unspecified atom stereocenters. The molecule has 174 valence electrons. The molecule has 11 heteroatoms. The molecule has 2 aromatic carbocycles. The average molecular weight is 557 g/mol. The molecule has 0 bridgehead atoms. The minimum absolute atomic E-state index is 0.0639. The van der Waals surface area contributed by atoms with Crippen molar-refractivity contribution >= 4 is 56.4 Å². The quantitative estimate of drug-likeness (QED) is 0.321. The molecule has 0 aliphatic rings. The lowest BCUT2D eigenvalue weighted by Crippen LogP contribution is -2.25. The molecule has 0 radical (unpaired) electrons. The highest BCUT2D eigenvalue weighted by Gasteiger charge is 2.15. The number of thiazole rings is 1. The number of nitrogens with zero attached hydrogens (tertiary/aromatic N) is 4. The summed E-state index contributed by atoms with van der Waals surface area (Å²) in [6.45, 7) is 2.00. The number of anilines is 1. The van der Waals surface area contributed by atoms with Crippen molar-refractivity contribution in [3.05, 3.63) is 80.1 Å². The molecular formula is C23H21BrN6O2S2. The van der Waals surface area contributed by atoms with E-state index >= 15 is 0 Å². The van der Waals surface area contributed by atoms with Crippen molar-refractivity contribution < 1.29 is 9.59 Å². The number of benzene rings is 2. The molecule has 4 aromatic rings. The first-order chi connectivity index (χ1) is 16.3. The molecule has 0 atom stereocenters. The number of carbonyl (C=O) groups excluding carboxylic acids is 2. The smallest absolute Gasteiger partial charge is 0.251 e. The van der Waals surface area contributed by atoms with E-state index in [0.29, 0.717) is 21.3 Å². The minimum atomic E-state index is -0.290. The highest BCUT2D eigenvalue weighted by molar-refractivity contribution is 9.10. The number of rotatable bonds is 7. The zero-order chi connectivity index (χ0) is 24.2. The van der Waals surface area contributed by atoms with Crippen LogP contribution in [0.15, 0.2) is 58.4 Å². The Labute approximate surface area is 213 Å². The van der Waals surface area contributed by atoms with Gasteiger partial charge in [-0.05, 0) is 42.9 Å². The van der Waals surface area contributed by atoms with Crippen LogP contribution in [0.4, 0.5) is 5.13 Å². The van der Waals surface area contributed by atoms with Gasteiger partial charge in [0.2, 0.25) is 5.91 Å². The summed E-state index contributed by atoms with van der Waals surface area (Å²) >= 11 is 10.2. The maximum Gasteiger partial charge on any atom is 0.251 e. The van der Waals surface area contributed by atoms with Crippen LogP contribution in [0.2, 0.25) is 0 Å². The van der Waals surface area contributed by atoms with Gasteiger partial charge in [-0.25, -0.2) is 9.67 Å². The SMILES string of the molecule is Cc1ccccc1C(=O)NCc1nn(CC(=O)Nc2nc(-c3ccc(Br)cc3)cs2)c(=S)n1C. The fraction of sp³-hybridized carbons (Fsp3) is 0.174. The Morgan fingerprint density at radius 1 is 1.15 bits per heavy atom. The van der Waals surface area contributed by atoms with E-state index in [0.717, 1.165) is 21.3 Å². The van der Waals surface area contributed by atoms with Crippen LogP contribution in [-0.2, 0) is 24.9 Å². The van der Waals surface area contributed by atoms with Crippen LogP contribution in [0.25, 0.3) is 11.3 Å². The first-order valence-electron chi connectivity index (χ1n) is 10.3. The van der Waals surface area contributed by atoms with Crippen LogP contribution in [0, 0.1) is 11.7 Å². The van der Waals surface area contributed by atoms with E-state index < -0.39 is 0 Å². The number of aryl methyl sites for hydroxylation is 1. The van der Waals surface area contributed by atoms with Crippen LogP contribution in [0.5, 0.6) is 0 Å². The molecule has 0 saturated carbocycles. The van der Waals surface area contributed by atoms with Crippen LogP contribution < -0.4 is 10.6 Å². The van der Waals surface area contributed by atoms with Crippen LogP contribution >= 0.6 is 39.5 Å². The van der Waals surface area contributed by atoms with Crippen LogP contribution in [-0.4, -0.2) is 31.1 Å². The Morgan fingerprint density at radius 2 is 1.88 bits per heavy atom. The summed E-state index contributed by atoms with van der Waals surface area (Å²) in [6.07, 6.45) is 0. The zero-order valence-corrected chi connectivity index (χ0v) is 21.6. The number of amides is 2. The van der Waals surface area contributed by atoms with Crippen molar-refractivity contribution in [2.75, 3.05) is 5.32 Å². The van der Waals surface area contributed by atoms with Crippen molar-refractivity contribution in [1.29, 1.82) is 0 Å². The summed E-state index contributed by atoms with van der Waals surface area (Å²) in [5.41, 5.74) is 3.24. The summed E-state index contributed by atoms with van der Waals surface area (Å²) in [4.78, 5) is 29.6. The Bertz CT molecular complexity index is 1410. The molecule has 0 spiro atoms. The van der Waals surface area contributed by atoms with Gasteiger partial charge in [-0.2, -0.15) is 5.10 Å². The Balaban J connectivity index is 1.39. The minimum Gasteiger partial charge on any atom is -0.345 e. The zero-order valence-electron chi connectivity index (χ0n) is 18.4. The second-order valence-electron chi connectivity index (χ2n) is 7.51. The summed E-state index contributed by atoms with van der Waals surface area (Å²) in [6, 6.07) is 15.2. The molecule has 0 fully saturated rings. The first kappa shape index (κ1) is 24.0. The van der Waals surface area contributed by atoms with Gasteiger partial charge in [0.25, 0.3) is 5.91 Å². The molecular weight excluding hydrogens is 536 g/mol. The maximum atomic E-state index is 12.6. The van der Waals surface area contributed by atoms with E-state index in [4.69, 9.17) is 12.2 Å². The van der Waals surface area contributed by atoms with Gasteiger partial charge in [-0.1, -0.05) is 46.3 Å². The third-order valence-corrected chi connectivity index (χ3v) is 6.88. The van der Waals surface area contributed by atoms with E-state index in [-0.39, 0.29) is 24.9 Å². The standard InChI is InChI=1S/C23H21BrN6O2S2/c1-14-5-3-4-6-17(14)21(32)25-11-19-28-30(23(33)29(19)2)12-20(31)27-22-26-18(13-34-22)15-7-9-16(24)10-8-15/h3-10,13H,11-12H2,1-2H3,(H,25,32)(H,26,27,31). The number of hydrogen-bond donors (Lipinski definition) is 2. The summed E-state index contributed by atoms with van der Waals surface area (Å²) < 4.78 is 4.48. The van der Waals surface area contributed by atoms with Gasteiger partial charge in [0.05, 0.1) is 12.2 Å². The number of nitrogens with one attached hydrogen (secondary N) is 2. The van der Waals surface area contributed by atoms with Crippen molar-refractivity contribution in [3.8, 4) is 11.3 Å². The van der Waals surface area contributed by atoms with Gasteiger partial charge in [0.1, 0.15) is 6.54 Å². The number of hydrogen-bond acceptors (Lipinski definition) is 6. The van der Waals surface area contributed by atoms with Crippen LogP contribution in [0.3, 0.4) is 0 Å². The van der Waals surface area contributed by atoms with Gasteiger partial charge in [0.15, 0.2) is 15.7 Å². The largest absolute Gasteiger partial charge is 0.345 e. The lowest BCUT2D eigenvalue weighted by Gasteiger charge is -2.06. The van der Waals surface area contributed by atoms with E-state index in [1.54, 1.807) is 17.7 Å². The number of aromatic nitrogens is 4. The van der Waals surface area contributed by atoms with E-state index in [9.17, 15) is 9.59 Å². The van der Waals surface area contributed by atoms with Gasteiger partial charge < -0.3 is 15.2 Å². The second-order valence-corrected chi connectivity index (χ2v) is 9.64. The van der Waals surface area contributed by atoms with Gasteiger partial charge in [0, 0.05) is 28.0 Å². The molecule has 0 aliphatic carbocycles. The van der Waals surface area contributed by atoms with Crippen molar-refractivity contribution in [2.45, 2.75) is 20.0 Å². The molecule has 4 rings (SSSR count). The van der Waals surface area contributed by atoms with Crippen molar-refractivity contribution in [3.63, 3.8) is 0 Å². The lowest BCUT2D eigenvalue weighted by molar-refractivity contribution is -0.116. The molecule has 2 amide bonds. The van der Waals surface area contributed by atoms with E-state index in [1.807, 2.05) is 54.8 Å². The Hall–Kier alpha value is -3.15. The normalized spacial score (nSPS) is 10.8. The molecule has 2 heterocycles. The molecule has 0 saturated heterocycles. The first-order valence-corrected chi connectivity index (χ1v) is 12.4. The summed E-state index contributed by atoms with van der Waals surface area (Å²) in [5.74, 6) is 0.0644. The average Bonchev–Trinajstić information content (AvgIpc) is 3.38. The lowest BCUT2D eigenvalue weighted by atomic mass is 10.1. The monoisotopic (exact) mass is 556 g/mol. The number of halogens is 1. The number of carbonyl (C=O) groups is 2. The van der Waals surface area contributed by atoms with Gasteiger partial charge in [-0.15, -0.1) is 11.3 Å². The highest BCUT2D eigenvalue weighted by atomic mass is 79.9. The van der Waals surface area contributed by atoms with Crippen LogP contribution in [0.1, 0.15) is 21.7 Å². The van der Waals surface area contributed by atoms with Gasteiger partial charge >= 0.3 is 0 Å². The van der Waals surface area contributed by atoms with E-state index in [1.165, 1.54) is 16.0 Å². The third-order valence-electron chi connectivity index (χ3n) is 5.11. The van der Waals surface area contributed by atoms with Crippen molar-refractivity contribution in [2.24, 2.45) is 7.05 Å². The Kier molecular flexibility index (Phi) is 7.35. The molecule has 0 aliphatic heterocycles. The topological polar surface area (TPSA) is 93.8 Å². The molecule has 34 heavy (non-hydrogen) atoms. The fourth-order valence-electron chi connectivity index (χ4n) is 3.25. The predicted molar refractivity (Wildman–Crippen MR) is 138 cm³/mol. The fourth-order valence-corrected chi connectivity index (χ4v) is 4.46. The highest BCUT2D eigenvalue weighted by Crippen LogP contribution is 2.26. The van der Waals surface area contributed by atoms with E-state index in [2.05, 4.69) is 36.6 Å². The second kappa shape index (κ2) is 10.4. The molecule has 2 N–H and O–H groups in total. The van der Waals surface area contributed by atoms with Gasteiger partial charge in [-0.3, -0.25) is 9.59 Å². The Morgan fingerprint density at radius 3 is 2.62 bits per heavy atom. The predicted octanol–water partition coefficient (Wildman–Crippen LogP) is 4.71.